The van der Waals surface area contributed by atoms with Crippen molar-refractivity contribution >= 4 is 17.5 Å². The van der Waals surface area contributed by atoms with Crippen LogP contribution < -0.4 is 19.7 Å². The van der Waals surface area contributed by atoms with E-state index in [2.05, 4.69) is 5.32 Å². The highest BCUT2D eigenvalue weighted by atomic mass is 16.7. The molecule has 2 saturated heterocycles. The van der Waals surface area contributed by atoms with E-state index in [1.807, 2.05) is 6.07 Å². The van der Waals surface area contributed by atoms with E-state index in [9.17, 15) is 9.59 Å². The molecule has 0 saturated carbocycles. The Labute approximate surface area is 139 Å². The van der Waals surface area contributed by atoms with E-state index in [1.165, 1.54) is 0 Å². The molecular weight excluding hydrogens is 312 g/mol. The fourth-order valence-corrected chi connectivity index (χ4v) is 3.32. The smallest absolute Gasteiger partial charge is 0.231 e. The molecule has 24 heavy (non-hydrogen) atoms. The molecule has 4 rings (SSSR count). The lowest BCUT2D eigenvalue weighted by molar-refractivity contribution is -0.126. The monoisotopic (exact) mass is 332 g/mol. The van der Waals surface area contributed by atoms with Crippen LogP contribution in [-0.2, 0) is 14.3 Å². The second kappa shape index (κ2) is 6.32. The Morgan fingerprint density at radius 2 is 2.17 bits per heavy atom. The largest absolute Gasteiger partial charge is 0.454 e. The molecular formula is C17H20N2O5. The van der Waals surface area contributed by atoms with Crippen molar-refractivity contribution in [3.63, 3.8) is 0 Å². The fourth-order valence-electron chi connectivity index (χ4n) is 3.32. The van der Waals surface area contributed by atoms with Crippen LogP contribution in [0.2, 0.25) is 0 Å². The molecule has 3 aliphatic heterocycles. The lowest BCUT2D eigenvalue weighted by atomic mass is 10.1. The fraction of sp³-hybridized carbons (Fsp3) is 0.529. The zero-order valence-corrected chi connectivity index (χ0v) is 13.3. The molecule has 3 aliphatic rings. The summed E-state index contributed by atoms with van der Waals surface area (Å²) in [6.07, 6.45) is 1.22. The van der Waals surface area contributed by atoms with Crippen molar-refractivity contribution in [2.45, 2.75) is 12.8 Å². The number of carbonyl (C=O) groups excluding carboxylic acids is 2. The molecule has 0 aliphatic carbocycles. The maximum absolute atomic E-state index is 12.3. The summed E-state index contributed by atoms with van der Waals surface area (Å²) in [6, 6.07) is 5.40. The maximum atomic E-state index is 12.3. The van der Waals surface area contributed by atoms with Crippen LogP contribution in [0.15, 0.2) is 18.2 Å². The van der Waals surface area contributed by atoms with Crippen molar-refractivity contribution in [1.82, 2.24) is 5.32 Å². The van der Waals surface area contributed by atoms with E-state index in [4.69, 9.17) is 14.2 Å². The second-order valence-corrected chi connectivity index (χ2v) is 6.42. The molecule has 2 atom stereocenters. The summed E-state index contributed by atoms with van der Waals surface area (Å²) < 4.78 is 15.9. The van der Waals surface area contributed by atoms with Crippen molar-refractivity contribution in [1.29, 1.82) is 0 Å². The number of hydrogen-bond donors (Lipinski definition) is 1. The van der Waals surface area contributed by atoms with Crippen LogP contribution in [0.4, 0.5) is 5.69 Å². The Morgan fingerprint density at radius 1 is 1.29 bits per heavy atom. The highest BCUT2D eigenvalue weighted by molar-refractivity contribution is 6.00. The number of anilines is 1. The minimum absolute atomic E-state index is 0.0433. The van der Waals surface area contributed by atoms with Gasteiger partial charge in [-0.3, -0.25) is 9.59 Å². The minimum Gasteiger partial charge on any atom is -0.454 e. The summed E-state index contributed by atoms with van der Waals surface area (Å²) in [4.78, 5) is 26.3. The van der Waals surface area contributed by atoms with Gasteiger partial charge in [-0.05, 0) is 18.6 Å². The maximum Gasteiger partial charge on any atom is 0.231 e. The van der Waals surface area contributed by atoms with Gasteiger partial charge in [0.25, 0.3) is 0 Å². The third-order valence-electron chi connectivity index (χ3n) is 4.75. The zero-order valence-electron chi connectivity index (χ0n) is 13.3. The first-order valence-electron chi connectivity index (χ1n) is 8.26. The summed E-state index contributed by atoms with van der Waals surface area (Å²) in [5, 5.41) is 2.96. The Morgan fingerprint density at radius 3 is 3.00 bits per heavy atom. The van der Waals surface area contributed by atoms with E-state index >= 15 is 0 Å². The molecule has 0 spiro atoms. The molecule has 0 aromatic heterocycles. The third-order valence-corrected chi connectivity index (χ3v) is 4.75. The number of rotatable bonds is 4. The van der Waals surface area contributed by atoms with E-state index < -0.39 is 0 Å². The molecule has 0 radical (unpaired) electrons. The lowest BCUT2D eigenvalue weighted by Gasteiger charge is -2.17. The van der Waals surface area contributed by atoms with Crippen LogP contribution in [0.3, 0.4) is 0 Å². The van der Waals surface area contributed by atoms with Gasteiger partial charge in [-0.25, -0.2) is 0 Å². The van der Waals surface area contributed by atoms with Gasteiger partial charge in [0, 0.05) is 43.8 Å². The van der Waals surface area contributed by atoms with E-state index in [1.54, 1.807) is 17.0 Å². The van der Waals surface area contributed by atoms with E-state index in [0.29, 0.717) is 37.1 Å². The predicted molar refractivity (Wildman–Crippen MR) is 85.0 cm³/mol. The normalized spacial score (nSPS) is 25.3. The first-order chi connectivity index (χ1) is 11.7. The van der Waals surface area contributed by atoms with Crippen LogP contribution >= 0.6 is 0 Å². The van der Waals surface area contributed by atoms with Gasteiger partial charge in [-0.15, -0.1) is 0 Å². The molecule has 0 bridgehead atoms. The number of fused-ring (bicyclic) bond motifs is 1. The number of nitrogens with zero attached hydrogens (tertiary/aromatic N) is 1. The van der Waals surface area contributed by atoms with Gasteiger partial charge in [-0.1, -0.05) is 0 Å². The molecule has 1 N–H and O–H groups in total. The van der Waals surface area contributed by atoms with Gasteiger partial charge >= 0.3 is 0 Å². The molecule has 1 aromatic carbocycles. The Bertz CT molecular complexity index is 656. The zero-order chi connectivity index (χ0) is 16.5. The van der Waals surface area contributed by atoms with Gasteiger partial charge in [0.1, 0.15) is 0 Å². The number of benzene rings is 1. The van der Waals surface area contributed by atoms with Gasteiger partial charge in [-0.2, -0.15) is 0 Å². The van der Waals surface area contributed by atoms with Crippen LogP contribution in [0, 0.1) is 11.8 Å². The van der Waals surface area contributed by atoms with Crippen molar-refractivity contribution in [3.8, 4) is 11.5 Å². The molecule has 2 fully saturated rings. The Hall–Kier alpha value is -2.28. The summed E-state index contributed by atoms with van der Waals surface area (Å²) in [7, 11) is 0. The number of hydrogen-bond acceptors (Lipinski definition) is 5. The molecule has 128 valence electrons. The van der Waals surface area contributed by atoms with E-state index in [0.717, 1.165) is 18.7 Å². The SMILES string of the molecule is O=C(NC[C@@H]1CCOC1)[C@@H]1CC(=O)N(c2ccc3c(c2)OCO3)C1. The lowest BCUT2D eigenvalue weighted by Crippen LogP contribution is -2.36. The van der Waals surface area contributed by atoms with Crippen LogP contribution in [-0.4, -0.2) is 44.9 Å². The van der Waals surface area contributed by atoms with E-state index in [-0.39, 0.29) is 30.9 Å². The van der Waals surface area contributed by atoms with Crippen molar-refractivity contribution in [3.05, 3.63) is 18.2 Å². The summed E-state index contributed by atoms with van der Waals surface area (Å²) >= 11 is 0. The minimum atomic E-state index is -0.315. The summed E-state index contributed by atoms with van der Waals surface area (Å²) in [6.45, 7) is 2.68. The van der Waals surface area contributed by atoms with Crippen LogP contribution in [0.25, 0.3) is 0 Å². The van der Waals surface area contributed by atoms with Crippen LogP contribution in [0.1, 0.15) is 12.8 Å². The summed E-state index contributed by atoms with van der Waals surface area (Å²) in [5.74, 6) is 1.28. The molecule has 7 nitrogen and oxygen atoms in total. The van der Waals surface area contributed by atoms with Gasteiger partial charge in [0.15, 0.2) is 11.5 Å². The standard InChI is InChI=1S/C17H20N2O5/c20-16-5-12(17(21)18-7-11-3-4-22-9-11)8-19(16)13-1-2-14-15(6-13)24-10-23-14/h1-2,6,11-12H,3-5,7-10H2,(H,18,21)/t11-,12+/m0/s1. The van der Waals surface area contributed by atoms with Gasteiger partial charge in [0.2, 0.25) is 18.6 Å². The van der Waals surface area contributed by atoms with Gasteiger partial charge in [0.05, 0.1) is 12.5 Å². The van der Waals surface area contributed by atoms with Crippen LogP contribution in [0.5, 0.6) is 11.5 Å². The first kappa shape index (κ1) is 15.3. The summed E-state index contributed by atoms with van der Waals surface area (Å²) in [5.41, 5.74) is 0.740. The number of ether oxygens (including phenoxy) is 3. The highest BCUT2D eigenvalue weighted by Crippen LogP contribution is 2.37. The topological polar surface area (TPSA) is 77.1 Å². The van der Waals surface area contributed by atoms with Crippen molar-refractivity contribution < 1.29 is 23.8 Å². The van der Waals surface area contributed by atoms with Gasteiger partial charge < -0.3 is 24.4 Å². The Kier molecular flexibility index (Phi) is 4.02. The number of nitrogens with one attached hydrogen (secondary N) is 1. The second-order valence-electron chi connectivity index (χ2n) is 6.42. The third kappa shape index (κ3) is 2.91. The average Bonchev–Trinajstić information content (AvgIpc) is 3.32. The highest BCUT2D eigenvalue weighted by Gasteiger charge is 2.35. The number of amides is 2. The Balaban J connectivity index is 1.38. The molecule has 1 aromatic rings. The van der Waals surface area contributed by atoms with Crippen molar-refractivity contribution in [2.75, 3.05) is 38.0 Å². The average molecular weight is 332 g/mol. The quantitative estimate of drug-likeness (QED) is 0.887. The predicted octanol–water partition coefficient (Wildman–Crippen LogP) is 0.921. The molecule has 3 heterocycles. The molecule has 7 heteroatoms. The van der Waals surface area contributed by atoms with Crippen molar-refractivity contribution in [2.24, 2.45) is 11.8 Å². The number of carbonyl (C=O) groups is 2. The molecule has 0 unspecified atom stereocenters. The molecule has 2 amide bonds. The first-order valence-corrected chi connectivity index (χ1v) is 8.26.